The fourth-order valence-corrected chi connectivity index (χ4v) is 2.54. The van der Waals surface area contributed by atoms with Gasteiger partial charge in [0.1, 0.15) is 0 Å². The third-order valence-electron chi connectivity index (χ3n) is 3.25. The molecular formula is C17H19BrN2O2. The Morgan fingerprint density at radius 2 is 2.00 bits per heavy atom. The van der Waals surface area contributed by atoms with Gasteiger partial charge in [0.05, 0.1) is 6.61 Å². The lowest BCUT2D eigenvalue weighted by Gasteiger charge is -2.23. The second-order valence-electron chi connectivity index (χ2n) is 5.04. The number of nitrogens with one attached hydrogen (secondary N) is 1. The van der Waals surface area contributed by atoms with Crippen LogP contribution in [0.5, 0.6) is 0 Å². The summed E-state index contributed by atoms with van der Waals surface area (Å²) in [5.74, 6) is 0. The molecule has 0 unspecified atom stereocenters. The number of aryl methyl sites for hydroxylation is 1. The van der Waals surface area contributed by atoms with Gasteiger partial charge < -0.3 is 15.3 Å². The fraction of sp³-hybridized carbons (Fsp3) is 0.235. The Labute approximate surface area is 138 Å². The molecule has 0 aliphatic rings. The smallest absolute Gasteiger partial charge is 0.322 e. The summed E-state index contributed by atoms with van der Waals surface area (Å²) in [4.78, 5) is 14.0. The van der Waals surface area contributed by atoms with Crippen molar-refractivity contribution in [2.24, 2.45) is 0 Å². The standard InChI is InChI=1S/C17H19BrN2O2/c1-13-5-4-7-15(11-13)19-17(22)20(9-10-21)12-14-6-2-3-8-16(14)18/h2-8,11,21H,9-10,12H2,1H3,(H,19,22). The lowest BCUT2D eigenvalue weighted by atomic mass is 10.2. The lowest BCUT2D eigenvalue weighted by Crippen LogP contribution is -2.36. The van der Waals surface area contributed by atoms with Crippen molar-refractivity contribution in [3.8, 4) is 0 Å². The van der Waals surface area contributed by atoms with Crippen molar-refractivity contribution in [1.82, 2.24) is 4.90 Å². The second kappa shape index (κ2) is 7.96. The van der Waals surface area contributed by atoms with E-state index in [4.69, 9.17) is 0 Å². The van der Waals surface area contributed by atoms with Gasteiger partial charge in [-0.25, -0.2) is 4.79 Å². The Balaban J connectivity index is 2.10. The first-order chi connectivity index (χ1) is 10.6. The van der Waals surface area contributed by atoms with Crippen LogP contribution in [0.2, 0.25) is 0 Å². The Hall–Kier alpha value is -1.85. The van der Waals surface area contributed by atoms with Gasteiger partial charge >= 0.3 is 6.03 Å². The quantitative estimate of drug-likeness (QED) is 0.850. The van der Waals surface area contributed by atoms with Crippen LogP contribution < -0.4 is 5.32 Å². The van der Waals surface area contributed by atoms with Crippen LogP contribution in [0, 0.1) is 6.92 Å². The van der Waals surface area contributed by atoms with Crippen LogP contribution in [0.15, 0.2) is 53.0 Å². The average Bonchev–Trinajstić information content (AvgIpc) is 2.49. The number of rotatable bonds is 5. The molecule has 0 saturated heterocycles. The molecule has 116 valence electrons. The number of carbonyl (C=O) groups is 1. The molecule has 0 heterocycles. The molecule has 4 nitrogen and oxygen atoms in total. The number of urea groups is 1. The third kappa shape index (κ3) is 4.58. The molecule has 0 aliphatic heterocycles. The maximum Gasteiger partial charge on any atom is 0.322 e. The molecule has 0 aromatic heterocycles. The van der Waals surface area contributed by atoms with Crippen LogP contribution in [0.3, 0.4) is 0 Å². The molecule has 0 radical (unpaired) electrons. The number of nitrogens with zero attached hydrogens (tertiary/aromatic N) is 1. The molecule has 2 aromatic rings. The Bertz CT molecular complexity index is 646. The highest BCUT2D eigenvalue weighted by atomic mass is 79.9. The first-order valence-electron chi connectivity index (χ1n) is 7.07. The fourth-order valence-electron chi connectivity index (χ4n) is 2.13. The number of amides is 2. The highest BCUT2D eigenvalue weighted by Crippen LogP contribution is 2.18. The van der Waals surface area contributed by atoms with Gasteiger partial charge in [0.2, 0.25) is 0 Å². The van der Waals surface area contributed by atoms with Crippen molar-refractivity contribution in [1.29, 1.82) is 0 Å². The highest BCUT2D eigenvalue weighted by Gasteiger charge is 2.15. The molecule has 2 rings (SSSR count). The molecule has 0 saturated carbocycles. The van der Waals surface area contributed by atoms with Gasteiger partial charge in [0.15, 0.2) is 0 Å². The summed E-state index contributed by atoms with van der Waals surface area (Å²) < 4.78 is 0.946. The summed E-state index contributed by atoms with van der Waals surface area (Å²) in [5, 5.41) is 12.1. The van der Waals surface area contributed by atoms with E-state index in [1.165, 1.54) is 0 Å². The monoisotopic (exact) mass is 362 g/mol. The molecule has 0 spiro atoms. The molecule has 0 fully saturated rings. The number of hydrogen-bond acceptors (Lipinski definition) is 2. The molecule has 5 heteroatoms. The van der Waals surface area contributed by atoms with Crippen LogP contribution in [0.1, 0.15) is 11.1 Å². The average molecular weight is 363 g/mol. The minimum Gasteiger partial charge on any atom is -0.395 e. The van der Waals surface area contributed by atoms with E-state index in [0.29, 0.717) is 6.54 Å². The normalized spacial score (nSPS) is 10.3. The topological polar surface area (TPSA) is 52.6 Å². The van der Waals surface area contributed by atoms with E-state index in [2.05, 4.69) is 21.2 Å². The first kappa shape index (κ1) is 16.5. The SMILES string of the molecule is Cc1cccc(NC(=O)N(CCO)Cc2ccccc2Br)c1. The second-order valence-corrected chi connectivity index (χ2v) is 5.89. The third-order valence-corrected chi connectivity index (χ3v) is 4.02. The van der Waals surface area contributed by atoms with Crippen LogP contribution in [0.25, 0.3) is 0 Å². The predicted molar refractivity (Wildman–Crippen MR) is 91.8 cm³/mol. The lowest BCUT2D eigenvalue weighted by molar-refractivity contribution is 0.185. The van der Waals surface area contributed by atoms with Crippen molar-refractivity contribution in [2.75, 3.05) is 18.5 Å². The van der Waals surface area contributed by atoms with Gasteiger partial charge in [-0.3, -0.25) is 0 Å². The Morgan fingerprint density at radius 3 is 2.68 bits per heavy atom. The number of aliphatic hydroxyl groups excluding tert-OH is 1. The van der Waals surface area contributed by atoms with Gasteiger partial charge in [0.25, 0.3) is 0 Å². The van der Waals surface area contributed by atoms with E-state index in [0.717, 1.165) is 21.3 Å². The van der Waals surface area contributed by atoms with Crippen LogP contribution in [0.4, 0.5) is 10.5 Å². The van der Waals surface area contributed by atoms with E-state index in [1.807, 2.05) is 55.5 Å². The number of aliphatic hydroxyl groups is 1. The van der Waals surface area contributed by atoms with Gasteiger partial charge in [-0.2, -0.15) is 0 Å². The maximum absolute atomic E-state index is 12.4. The van der Waals surface area contributed by atoms with Gasteiger partial charge in [-0.1, -0.05) is 46.3 Å². The van der Waals surface area contributed by atoms with E-state index in [9.17, 15) is 9.90 Å². The molecule has 0 aliphatic carbocycles. The molecule has 0 bridgehead atoms. The number of hydrogen-bond donors (Lipinski definition) is 2. The molecule has 0 atom stereocenters. The molecular weight excluding hydrogens is 344 g/mol. The van der Waals surface area contributed by atoms with Gasteiger partial charge in [-0.15, -0.1) is 0 Å². The molecule has 22 heavy (non-hydrogen) atoms. The zero-order valence-electron chi connectivity index (χ0n) is 12.4. The Kier molecular flexibility index (Phi) is 5.98. The molecule has 2 amide bonds. The Morgan fingerprint density at radius 1 is 1.23 bits per heavy atom. The summed E-state index contributed by atoms with van der Waals surface area (Å²) in [6.45, 7) is 2.60. The molecule has 2 aromatic carbocycles. The summed E-state index contributed by atoms with van der Waals surface area (Å²) in [6, 6.07) is 15.1. The van der Waals surface area contributed by atoms with E-state index < -0.39 is 0 Å². The summed E-state index contributed by atoms with van der Waals surface area (Å²) in [5.41, 5.74) is 2.83. The number of benzene rings is 2. The predicted octanol–water partition coefficient (Wildman–Crippen LogP) is 3.78. The van der Waals surface area contributed by atoms with Crippen molar-refractivity contribution in [3.05, 3.63) is 64.1 Å². The first-order valence-corrected chi connectivity index (χ1v) is 7.86. The molecule has 2 N–H and O–H groups in total. The van der Waals surface area contributed by atoms with E-state index in [-0.39, 0.29) is 19.2 Å². The van der Waals surface area contributed by atoms with Crippen molar-refractivity contribution >= 4 is 27.6 Å². The van der Waals surface area contributed by atoms with Crippen LogP contribution in [-0.4, -0.2) is 29.2 Å². The number of carbonyl (C=O) groups excluding carboxylic acids is 1. The maximum atomic E-state index is 12.4. The van der Waals surface area contributed by atoms with Gasteiger partial charge in [0, 0.05) is 23.2 Å². The zero-order chi connectivity index (χ0) is 15.9. The van der Waals surface area contributed by atoms with Crippen molar-refractivity contribution in [2.45, 2.75) is 13.5 Å². The van der Waals surface area contributed by atoms with Gasteiger partial charge in [-0.05, 0) is 36.2 Å². The van der Waals surface area contributed by atoms with Crippen molar-refractivity contribution in [3.63, 3.8) is 0 Å². The highest BCUT2D eigenvalue weighted by molar-refractivity contribution is 9.10. The largest absolute Gasteiger partial charge is 0.395 e. The summed E-state index contributed by atoms with van der Waals surface area (Å²) >= 11 is 3.48. The summed E-state index contributed by atoms with van der Waals surface area (Å²) in [6.07, 6.45) is 0. The van der Waals surface area contributed by atoms with Crippen molar-refractivity contribution < 1.29 is 9.90 Å². The number of anilines is 1. The van der Waals surface area contributed by atoms with Crippen LogP contribution in [-0.2, 0) is 6.54 Å². The minimum atomic E-state index is -0.226. The van der Waals surface area contributed by atoms with E-state index >= 15 is 0 Å². The van der Waals surface area contributed by atoms with E-state index in [1.54, 1.807) is 4.90 Å². The zero-order valence-corrected chi connectivity index (χ0v) is 14.0. The number of halogens is 1. The minimum absolute atomic E-state index is 0.0777. The van der Waals surface area contributed by atoms with Crippen LogP contribution >= 0.6 is 15.9 Å². The summed E-state index contributed by atoms with van der Waals surface area (Å²) in [7, 11) is 0.